The number of hydrogen-bond donors (Lipinski definition) is 2. The van der Waals surface area contributed by atoms with Crippen LogP contribution in [0, 0.1) is 5.41 Å². The van der Waals surface area contributed by atoms with E-state index in [9.17, 15) is 4.79 Å². The molecule has 1 aliphatic rings. The van der Waals surface area contributed by atoms with Crippen LogP contribution in [-0.4, -0.2) is 24.0 Å². The Morgan fingerprint density at radius 2 is 2.35 bits per heavy atom. The molecule has 106 valence electrons. The van der Waals surface area contributed by atoms with Gasteiger partial charge in [-0.15, -0.1) is 0 Å². The van der Waals surface area contributed by atoms with Crippen LogP contribution in [0.5, 0.6) is 0 Å². The van der Waals surface area contributed by atoms with E-state index in [2.05, 4.69) is 22.5 Å². The number of hydrogen-bond acceptors (Lipinski definition) is 4. The van der Waals surface area contributed by atoms with Crippen molar-refractivity contribution in [3.8, 4) is 0 Å². The molecule has 2 N–H and O–H groups in total. The second-order valence-electron chi connectivity index (χ2n) is 5.36. The lowest BCUT2D eigenvalue weighted by Gasteiger charge is -2.35. The lowest BCUT2D eigenvalue weighted by atomic mass is 9.77. The Labute approximate surface area is 122 Å². The summed E-state index contributed by atoms with van der Waals surface area (Å²) in [7, 11) is 0. The van der Waals surface area contributed by atoms with Gasteiger partial charge in [0.15, 0.2) is 5.13 Å². The van der Waals surface area contributed by atoms with Crippen molar-refractivity contribution in [1.82, 2.24) is 10.3 Å². The third kappa shape index (κ3) is 2.43. The summed E-state index contributed by atoms with van der Waals surface area (Å²) in [6.45, 7) is 3.86. The van der Waals surface area contributed by atoms with Gasteiger partial charge in [0, 0.05) is 6.54 Å². The van der Waals surface area contributed by atoms with E-state index in [0.29, 0.717) is 5.13 Å². The molecule has 5 heteroatoms. The fourth-order valence-electron chi connectivity index (χ4n) is 2.78. The van der Waals surface area contributed by atoms with Gasteiger partial charge in [-0.1, -0.05) is 30.4 Å². The smallest absolute Gasteiger partial charge is 0.233 e. The summed E-state index contributed by atoms with van der Waals surface area (Å²) < 4.78 is 1.11. The molecular weight excluding hydrogens is 270 g/mol. The van der Waals surface area contributed by atoms with Gasteiger partial charge in [-0.3, -0.25) is 4.79 Å². The van der Waals surface area contributed by atoms with E-state index in [-0.39, 0.29) is 11.3 Å². The average Bonchev–Trinajstić information content (AvgIpc) is 2.90. The third-order valence-corrected chi connectivity index (χ3v) is 5.10. The number of aromatic nitrogens is 1. The van der Waals surface area contributed by atoms with Crippen LogP contribution in [0.3, 0.4) is 0 Å². The number of thiazole rings is 1. The first-order valence-corrected chi connectivity index (χ1v) is 7.93. The van der Waals surface area contributed by atoms with Crippen LogP contribution in [-0.2, 0) is 4.79 Å². The Bertz CT molecular complexity index is 583. The number of fused-ring (bicyclic) bond motifs is 1. The highest BCUT2D eigenvalue weighted by Gasteiger charge is 2.38. The summed E-state index contributed by atoms with van der Waals surface area (Å²) in [6.07, 6.45) is 2.87. The number of nitrogens with zero attached hydrogens (tertiary/aromatic N) is 1. The Kier molecular flexibility index (Phi) is 3.72. The summed E-state index contributed by atoms with van der Waals surface area (Å²) in [5, 5.41) is 7.07. The van der Waals surface area contributed by atoms with Crippen molar-refractivity contribution in [2.75, 3.05) is 18.4 Å². The molecule has 1 atom stereocenters. The molecular formula is C15H19N3OS. The Hall–Kier alpha value is -1.46. The zero-order valence-electron chi connectivity index (χ0n) is 11.6. The van der Waals surface area contributed by atoms with Gasteiger partial charge in [-0.05, 0) is 37.9 Å². The highest BCUT2D eigenvalue weighted by atomic mass is 32.1. The zero-order chi connectivity index (χ0) is 14.0. The second-order valence-corrected chi connectivity index (χ2v) is 6.39. The first-order chi connectivity index (χ1) is 9.73. The van der Waals surface area contributed by atoms with E-state index in [1.54, 1.807) is 0 Å². The Morgan fingerprint density at radius 3 is 3.05 bits per heavy atom. The van der Waals surface area contributed by atoms with Crippen molar-refractivity contribution >= 4 is 32.6 Å². The van der Waals surface area contributed by atoms with Crippen LogP contribution in [0.4, 0.5) is 5.13 Å². The van der Waals surface area contributed by atoms with Crippen LogP contribution in [0.2, 0.25) is 0 Å². The number of amides is 1. The molecule has 1 saturated heterocycles. The van der Waals surface area contributed by atoms with Crippen molar-refractivity contribution < 1.29 is 4.79 Å². The SMILES string of the molecule is CCC1(C(=O)Nc2nc3ccccc3s2)CCCNC1. The summed E-state index contributed by atoms with van der Waals surface area (Å²) in [4.78, 5) is 17.1. The number of benzene rings is 1. The van der Waals surface area contributed by atoms with Gasteiger partial charge in [0.05, 0.1) is 15.6 Å². The fourth-order valence-corrected chi connectivity index (χ4v) is 3.64. The molecule has 1 amide bonds. The monoisotopic (exact) mass is 289 g/mol. The highest BCUT2D eigenvalue weighted by molar-refractivity contribution is 7.22. The van der Waals surface area contributed by atoms with Crippen LogP contribution in [0.1, 0.15) is 26.2 Å². The minimum atomic E-state index is -0.282. The number of piperidine rings is 1. The second kappa shape index (κ2) is 5.50. The Balaban J connectivity index is 1.80. The van der Waals surface area contributed by atoms with E-state index in [4.69, 9.17) is 0 Å². The molecule has 1 aromatic heterocycles. The van der Waals surface area contributed by atoms with Crippen molar-refractivity contribution in [3.63, 3.8) is 0 Å². The average molecular weight is 289 g/mol. The van der Waals surface area contributed by atoms with Gasteiger partial charge in [-0.25, -0.2) is 4.98 Å². The van der Waals surface area contributed by atoms with Gasteiger partial charge in [0.2, 0.25) is 5.91 Å². The maximum Gasteiger partial charge on any atom is 0.233 e. The fraction of sp³-hybridized carbons (Fsp3) is 0.467. The van der Waals surface area contributed by atoms with E-state index < -0.39 is 0 Å². The number of para-hydroxylation sites is 1. The predicted molar refractivity (Wildman–Crippen MR) is 83.1 cm³/mol. The number of carbonyl (C=O) groups excluding carboxylic acids is 1. The minimum Gasteiger partial charge on any atom is -0.316 e. The highest BCUT2D eigenvalue weighted by Crippen LogP contribution is 2.33. The van der Waals surface area contributed by atoms with E-state index in [1.807, 2.05) is 24.3 Å². The van der Waals surface area contributed by atoms with Crippen LogP contribution in [0.15, 0.2) is 24.3 Å². The summed E-state index contributed by atoms with van der Waals surface area (Å²) in [5.74, 6) is 0.103. The predicted octanol–water partition coefficient (Wildman–Crippen LogP) is 3.01. The van der Waals surface area contributed by atoms with Crippen molar-refractivity contribution in [1.29, 1.82) is 0 Å². The molecule has 0 aliphatic carbocycles. The normalized spacial score (nSPS) is 22.9. The number of rotatable bonds is 3. The van der Waals surface area contributed by atoms with E-state index in [1.165, 1.54) is 11.3 Å². The number of nitrogens with one attached hydrogen (secondary N) is 2. The summed E-state index contributed by atoms with van der Waals surface area (Å²) in [6, 6.07) is 7.95. The summed E-state index contributed by atoms with van der Waals surface area (Å²) >= 11 is 1.54. The maximum atomic E-state index is 12.6. The third-order valence-electron chi connectivity index (χ3n) is 4.15. The van der Waals surface area contributed by atoms with Crippen LogP contribution in [0.25, 0.3) is 10.2 Å². The van der Waals surface area contributed by atoms with Gasteiger partial charge < -0.3 is 10.6 Å². The molecule has 1 aromatic carbocycles. The Morgan fingerprint density at radius 1 is 1.50 bits per heavy atom. The molecule has 0 saturated carbocycles. The molecule has 1 aliphatic heterocycles. The largest absolute Gasteiger partial charge is 0.316 e. The summed E-state index contributed by atoms with van der Waals surface area (Å²) in [5.41, 5.74) is 0.663. The molecule has 0 radical (unpaired) electrons. The minimum absolute atomic E-state index is 0.103. The molecule has 1 fully saturated rings. The molecule has 0 spiro atoms. The zero-order valence-corrected chi connectivity index (χ0v) is 12.4. The maximum absolute atomic E-state index is 12.6. The first kappa shape index (κ1) is 13.5. The van der Waals surface area contributed by atoms with Crippen molar-refractivity contribution in [2.24, 2.45) is 5.41 Å². The lowest BCUT2D eigenvalue weighted by molar-refractivity contribution is -0.126. The first-order valence-electron chi connectivity index (χ1n) is 7.11. The molecule has 20 heavy (non-hydrogen) atoms. The van der Waals surface area contributed by atoms with Crippen molar-refractivity contribution in [3.05, 3.63) is 24.3 Å². The van der Waals surface area contributed by atoms with E-state index in [0.717, 1.165) is 42.6 Å². The molecule has 0 bridgehead atoms. The van der Waals surface area contributed by atoms with Gasteiger partial charge in [-0.2, -0.15) is 0 Å². The molecule has 2 heterocycles. The van der Waals surface area contributed by atoms with Crippen molar-refractivity contribution in [2.45, 2.75) is 26.2 Å². The van der Waals surface area contributed by atoms with Crippen LogP contribution < -0.4 is 10.6 Å². The quantitative estimate of drug-likeness (QED) is 0.913. The standard InChI is InChI=1S/C15H19N3OS/c1-2-15(8-5-9-16-10-15)13(19)18-14-17-11-6-3-4-7-12(11)20-14/h3-4,6-7,16H,2,5,8-10H2,1H3,(H,17,18,19). The van der Waals surface area contributed by atoms with Gasteiger partial charge in [0.25, 0.3) is 0 Å². The number of carbonyl (C=O) groups is 1. The lowest BCUT2D eigenvalue weighted by Crippen LogP contribution is -2.47. The van der Waals surface area contributed by atoms with E-state index >= 15 is 0 Å². The topological polar surface area (TPSA) is 54.0 Å². The molecule has 1 unspecified atom stereocenters. The van der Waals surface area contributed by atoms with Crippen LogP contribution >= 0.6 is 11.3 Å². The van der Waals surface area contributed by atoms with Gasteiger partial charge in [0.1, 0.15) is 0 Å². The molecule has 3 rings (SSSR count). The molecule has 4 nitrogen and oxygen atoms in total. The molecule has 2 aromatic rings. The number of anilines is 1. The van der Waals surface area contributed by atoms with Gasteiger partial charge >= 0.3 is 0 Å².